The second-order valence-corrected chi connectivity index (χ2v) is 10.1. The van der Waals surface area contributed by atoms with Crippen LogP contribution in [0.1, 0.15) is 134 Å². The van der Waals surface area contributed by atoms with Crippen LogP contribution in [0.4, 0.5) is 0 Å². The third kappa shape index (κ3) is 21.4. The zero-order valence-electron chi connectivity index (χ0n) is 23.2. The van der Waals surface area contributed by atoms with E-state index in [0.29, 0.717) is 13.0 Å². The molecule has 0 heterocycles. The van der Waals surface area contributed by atoms with Gasteiger partial charge in [0.25, 0.3) is 0 Å². The second-order valence-electron chi connectivity index (χ2n) is 10.1. The van der Waals surface area contributed by atoms with Crippen LogP contribution in [-0.4, -0.2) is 17.2 Å². The lowest BCUT2D eigenvalue weighted by molar-refractivity contribution is -0.137. The van der Waals surface area contributed by atoms with E-state index in [1.165, 1.54) is 89.0 Å². The summed E-state index contributed by atoms with van der Waals surface area (Å²) in [4.78, 5) is 10.5. The Bertz CT molecular complexity index is 665. The van der Waals surface area contributed by atoms with E-state index in [4.69, 9.17) is 9.84 Å². The highest BCUT2D eigenvalue weighted by Crippen LogP contribution is 2.13. The van der Waals surface area contributed by atoms with Gasteiger partial charge in [-0.2, -0.15) is 0 Å². The SMILES string of the molecule is CCCCCCCCCCCC/C=C\[C@H](/C=C\CCCCCCCCC(=O)O)OCc1ccccc1. The number of aliphatic carboxylic acids is 1. The van der Waals surface area contributed by atoms with Crippen molar-refractivity contribution < 1.29 is 14.6 Å². The van der Waals surface area contributed by atoms with E-state index in [9.17, 15) is 4.79 Å². The van der Waals surface area contributed by atoms with E-state index >= 15 is 0 Å². The van der Waals surface area contributed by atoms with Crippen LogP contribution < -0.4 is 0 Å². The van der Waals surface area contributed by atoms with Crippen molar-refractivity contribution in [1.82, 2.24) is 0 Å². The van der Waals surface area contributed by atoms with Gasteiger partial charge in [-0.05, 0) is 37.7 Å². The summed E-state index contributed by atoms with van der Waals surface area (Å²) in [7, 11) is 0. The average molecular weight is 499 g/mol. The maximum absolute atomic E-state index is 10.5. The van der Waals surface area contributed by atoms with Crippen molar-refractivity contribution in [2.24, 2.45) is 0 Å². The fourth-order valence-corrected chi connectivity index (χ4v) is 4.40. The summed E-state index contributed by atoms with van der Waals surface area (Å²) in [6.07, 6.45) is 31.9. The molecule has 0 saturated heterocycles. The molecule has 36 heavy (non-hydrogen) atoms. The molecule has 1 rings (SSSR count). The fraction of sp³-hybridized carbons (Fsp3) is 0.667. The number of allylic oxidation sites excluding steroid dienone is 2. The molecule has 0 radical (unpaired) electrons. The molecule has 0 saturated carbocycles. The zero-order chi connectivity index (χ0) is 25.9. The lowest BCUT2D eigenvalue weighted by Crippen LogP contribution is -2.06. The Labute approximate surface area is 222 Å². The topological polar surface area (TPSA) is 46.5 Å². The minimum absolute atomic E-state index is 0.0318. The summed E-state index contributed by atoms with van der Waals surface area (Å²) >= 11 is 0. The van der Waals surface area contributed by atoms with Crippen molar-refractivity contribution in [2.45, 2.75) is 142 Å². The molecule has 1 N–H and O–H groups in total. The maximum Gasteiger partial charge on any atom is 0.303 e. The quantitative estimate of drug-likeness (QED) is 0.108. The summed E-state index contributed by atoms with van der Waals surface area (Å²) in [5, 5.41) is 8.69. The number of unbranched alkanes of at least 4 members (excludes halogenated alkanes) is 16. The lowest BCUT2D eigenvalue weighted by atomic mass is 10.1. The molecule has 0 bridgehead atoms. The molecule has 3 heteroatoms. The number of carbonyl (C=O) groups is 1. The predicted molar refractivity (Wildman–Crippen MR) is 154 cm³/mol. The van der Waals surface area contributed by atoms with Crippen LogP contribution in [0.25, 0.3) is 0 Å². The van der Waals surface area contributed by atoms with Gasteiger partial charge in [0.05, 0.1) is 12.7 Å². The van der Waals surface area contributed by atoms with E-state index in [1.54, 1.807) is 0 Å². The molecule has 1 atom stereocenters. The van der Waals surface area contributed by atoms with Crippen molar-refractivity contribution in [3.05, 3.63) is 60.2 Å². The molecule has 1 aromatic carbocycles. The first kappa shape index (κ1) is 32.2. The summed E-state index contributed by atoms with van der Waals surface area (Å²) in [6.45, 7) is 2.91. The number of hydrogen-bond acceptors (Lipinski definition) is 2. The first-order chi connectivity index (χ1) is 17.7. The van der Waals surface area contributed by atoms with Crippen LogP contribution in [0.5, 0.6) is 0 Å². The fourth-order valence-electron chi connectivity index (χ4n) is 4.40. The van der Waals surface area contributed by atoms with Gasteiger partial charge in [-0.25, -0.2) is 0 Å². The Balaban J connectivity index is 2.22. The van der Waals surface area contributed by atoms with Crippen LogP contribution >= 0.6 is 0 Å². The highest BCUT2D eigenvalue weighted by molar-refractivity contribution is 5.66. The molecule has 0 aliphatic carbocycles. The molecule has 0 amide bonds. The number of benzene rings is 1. The number of carboxylic acids is 1. The number of carboxylic acid groups (broad SMARTS) is 1. The Morgan fingerprint density at radius 3 is 1.69 bits per heavy atom. The molecule has 3 nitrogen and oxygen atoms in total. The molecular weight excluding hydrogens is 444 g/mol. The third-order valence-electron chi connectivity index (χ3n) is 6.67. The van der Waals surface area contributed by atoms with Gasteiger partial charge >= 0.3 is 5.97 Å². The Hall–Kier alpha value is -1.87. The van der Waals surface area contributed by atoms with Crippen LogP contribution in [-0.2, 0) is 16.1 Å². The van der Waals surface area contributed by atoms with Crippen molar-refractivity contribution >= 4 is 5.97 Å². The van der Waals surface area contributed by atoms with E-state index in [1.807, 2.05) is 6.07 Å². The largest absolute Gasteiger partial charge is 0.481 e. The van der Waals surface area contributed by atoms with Crippen molar-refractivity contribution in [3.63, 3.8) is 0 Å². The van der Waals surface area contributed by atoms with E-state index in [0.717, 1.165) is 32.1 Å². The van der Waals surface area contributed by atoms with Gasteiger partial charge in [-0.1, -0.05) is 145 Å². The van der Waals surface area contributed by atoms with Crippen LogP contribution in [0.15, 0.2) is 54.6 Å². The van der Waals surface area contributed by atoms with Gasteiger partial charge in [0.2, 0.25) is 0 Å². The summed E-state index contributed by atoms with van der Waals surface area (Å²) in [6, 6.07) is 10.4. The summed E-state index contributed by atoms with van der Waals surface area (Å²) in [5.74, 6) is -0.679. The maximum atomic E-state index is 10.5. The molecule has 0 unspecified atom stereocenters. The van der Waals surface area contributed by atoms with Crippen molar-refractivity contribution in [1.29, 1.82) is 0 Å². The molecule has 0 aliphatic rings. The average Bonchev–Trinajstić information content (AvgIpc) is 2.88. The van der Waals surface area contributed by atoms with Crippen LogP contribution in [0, 0.1) is 0 Å². The highest BCUT2D eigenvalue weighted by Gasteiger charge is 2.02. The minimum Gasteiger partial charge on any atom is -0.481 e. The van der Waals surface area contributed by atoms with Gasteiger partial charge in [0.1, 0.15) is 0 Å². The first-order valence-electron chi connectivity index (χ1n) is 14.9. The monoisotopic (exact) mass is 498 g/mol. The van der Waals surface area contributed by atoms with Crippen LogP contribution in [0.2, 0.25) is 0 Å². The lowest BCUT2D eigenvalue weighted by Gasteiger charge is -2.11. The highest BCUT2D eigenvalue weighted by atomic mass is 16.5. The van der Waals surface area contributed by atoms with Gasteiger partial charge in [0.15, 0.2) is 0 Å². The number of rotatable bonds is 25. The van der Waals surface area contributed by atoms with Gasteiger partial charge in [-0.3, -0.25) is 4.79 Å². The van der Waals surface area contributed by atoms with E-state index in [-0.39, 0.29) is 6.10 Å². The number of ether oxygens (including phenoxy) is 1. The van der Waals surface area contributed by atoms with Gasteiger partial charge in [0, 0.05) is 6.42 Å². The molecule has 204 valence electrons. The van der Waals surface area contributed by atoms with Crippen molar-refractivity contribution in [2.75, 3.05) is 0 Å². The van der Waals surface area contributed by atoms with Gasteiger partial charge in [-0.15, -0.1) is 0 Å². The summed E-state index contributed by atoms with van der Waals surface area (Å²) in [5.41, 5.74) is 1.21. The predicted octanol–water partition coefficient (Wildman–Crippen LogP) is 10.2. The minimum atomic E-state index is -0.679. The molecule has 0 spiro atoms. The Morgan fingerprint density at radius 1 is 0.722 bits per heavy atom. The normalized spacial score (nSPS) is 12.6. The van der Waals surface area contributed by atoms with Crippen molar-refractivity contribution in [3.8, 4) is 0 Å². The molecule has 1 aromatic rings. The standard InChI is InChI=1S/C33H54O3/c1-2-3-4-5-6-7-8-9-10-13-16-22-27-32(36-30-31-25-20-19-21-26-31)28-23-17-14-11-12-15-18-24-29-33(34)35/h19-23,25-28,32H,2-18,24,29-30H2,1H3,(H,34,35)/b27-22-,28-23-/t32-/m1/s1. The summed E-state index contributed by atoms with van der Waals surface area (Å²) < 4.78 is 6.20. The molecule has 0 aliphatic heterocycles. The van der Waals surface area contributed by atoms with Gasteiger partial charge < -0.3 is 9.84 Å². The number of hydrogen-bond donors (Lipinski definition) is 1. The Morgan fingerprint density at radius 2 is 1.19 bits per heavy atom. The van der Waals surface area contributed by atoms with E-state index in [2.05, 4.69) is 55.5 Å². The Kier molecular flexibility index (Phi) is 22.2. The van der Waals surface area contributed by atoms with E-state index < -0.39 is 5.97 Å². The smallest absolute Gasteiger partial charge is 0.303 e. The third-order valence-corrected chi connectivity index (χ3v) is 6.67. The molecular formula is C33H54O3. The first-order valence-corrected chi connectivity index (χ1v) is 14.9. The second kappa shape index (κ2) is 24.8. The molecule has 0 fully saturated rings. The molecule has 0 aromatic heterocycles. The zero-order valence-corrected chi connectivity index (χ0v) is 23.2. The van der Waals surface area contributed by atoms with Crippen LogP contribution in [0.3, 0.4) is 0 Å².